The van der Waals surface area contributed by atoms with Gasteiger partial charge in [0.2, 0.25) is 5.95 Å². The molecule has 4 heterocycles. The Kier molecular flexibility index (Phi) is 3.55. The Balaban J connectivity index is 1.62. The average Bonchev–Trinajstić information content (AvgIpc) is 3.30. The van der Waals surface area contributed by atoms with Crippen LogP contribution in [0.5, 0.6) is 0 Å². The van der Waals surface area contributed by atoms with Gasteiger partial charge in [0.1, 0.15) is 0 Å². The van der Waals surface area contributed by atoms with Crippen LogP contribution in [0.2, 0.25) is 0 Å². The Hall–Kier alpha value is -2.70. The first kappa shape index (κ1) is 14.9. The Morgan fingerprint density at radius 3 is 2.79 bits per heavy atom. The van der Waals surface area contributed by atoms with E-state index in [1.807, 2.05) is 49.6 Å². The Morgan fingerprint density at radius 1 is 1.21 bits per heavy atom. The number of hydrogen-bond acceptors (Lipinski definition) is 5. The quantitative estimate of drug-likeness (QED) is 0.739. The van der Waals surface area contributed by atoms with Crippen LogP contribution in [-0.4, -0.2) is 42.4 Å². The molecule has 0 spiro atoms. The third kappa shape index (κ3) is 2.46. The summed E-state index contributed by atoms with van der Waals surface area (Å²) in [6, 6.07) is 2.39. The highest BCUT2D eigenvalue weighted by Gasteiger charge is 2.26. The highest BCUT2D eigenvalue weighted by atomic mass is 15.3. The summed E-state index contributed by atoms with van der Waals surface area (Å²) in [5, 5.41) is 4.49. The molecule has 24 heavy (non-hydrogen) atoms. The zero-order valence-electron chi connectivity index (χ0n) is 14.2. The van der Waals surface area contributed by atoms with Gasteiger partial charge in [0.25, 0.3) is 0 Å². The van der Waals surface area contributed by atoms with Crippen molar-refractivity contribution >= 4 is 5.95 Å². The molecule has 7 heteroatoms. The van der Waals surface area contributed by atoms with Gasteiger partial charge in [-0.1, -0.05) is 0 Å². The summed E-state index contributed by atoms with van der Waals surface area (Å²) in [4.78, 5) is 15.7. The highest BCUT2D eigenvalue weighted by molar-refractivity contribution is 5.65. The number of anilines is 1. The third-order valence-electron chi connectivity index (χ3n) is 4.80. The molecule has 124 valence electrons. The van der Waals surface area contributed by atoms with E-state index in [0.29, 0.717) is 6.04 Å². The molecule has 1 fully saturated rings. The molecule has 3 aromatic heterocycles. The maximum Gasteiger partial charge on any atom is 0.225 e. The standard InChI is InChI=1S/C17H21N7/c1-12-16(13(2)22(3)21-12)15-4-6-19-17(20-15)23-8-5-14(10-23)24-9-7-18-11-24/h4,6-7,9,11,14H,5,8,10H2,1-3H3. The lowest BCUT2D eigenvalue weighted by Crippen LogP contribution is -2.22. The maximum atomic E-state index is 4.81. The second-order valence-corrected chi connectivity index (χ2v) is 6.31. The molecule has 3 aromatic rings. The first-order valence-electron chi connectivity index (χ1n) is 8.19. The molecule has 0 bridgehead atoms. The van der Waals surface area contributed by atoms with Gasteiger partial charge in [-0.2, -0.15) is 5.10 Å². The summed E-state index contributed by atoms with van der Waals surface area (Å²) in [7, 11) is 1.96. The van der Waals surface area contributed by atoms with Crippen LogP contribution in [0.4, 0.5) is 5.95 Å². The van der Waals surface area contributed by atoms with Crippen LogP contribution >= 0.6 is 0 Å². The fraction of sp³-hybridized carbons (Fsp3) is 0.412. The van der Waals surface area contributed by atoms with Gasteiger partial charge in [0.15, 0.2) is 0 Å². The van der Waals surface area contributed by atoms with Crippen LogP contribution < -0.4 is 4.90 Å². The van der Waals surface area contributed by atoms with E-state index in [1.165, 1.54) is 0 Å². The highest BCUT2D eigenvalue weighted by Crippen LogP contribution is 2.28. The monoisotopic (exact) mass is 323 g/mol. The minimum atomic E-state index is 0.432. The molecule has 1 saturated heterocycles. The van der Waals surface area contributed by atoms with Crippen LogP contribution in [-0.2, 0) is 7.05 Å². The van der Waals surface area contributed by atoms with Crippen LogP contribution in [0.1, 0.15) is 23.9 Å². The van der Waals surface area contributed by atoms with Crippen molar-refractivity contribution in [1.82, 2.24) is 29.3 Å². The Labute approximate surface area is 141 Å². The SMILES string of the molecule is Cc1nn(C)c(C)c1-c1ccnc(N2CCC(n3ccnc3)C2)n1. The summed E-state index contributed by atoms with van der Waals surface area (Å²) < 4.78 is 4.07. The van der Waals surface area contributed by atoms with E-state index in [1.54, 1.807) is 0 Å². The van der Waals surface area contributed by atoms with E-state index >= 15 is 0 Å². The normalized spacial score (nSPS) is 17.6. The third-order valence-corrected chi connectivity index (χ3v) is 4.80. The van der Waals surface area contributed by atoms with E-state index in [9.17, 15) is 0 Å². The van der Waals surface area contributed by atoms with Crippen LogP contribution in [0.15, 0.2) is 31.0 Å². The van der Waals surface area contributed by atoms with Crippen molar-refractivity contribution in [2.75, 3.05) is 18.0 Å². The fourth-order valence-electron chi connectivity index (χ4n) is 3.44. The molecule has 1 unspecified atom stereocenters. The molecule has 1 atom stereocenters. The zero-order chi connectivity index (χ0) is 16.7. The van der Waals surface area contributed by atoms with Gasteiger partial charge in [-0.25, -0.2) is 15.0 Å². The van der Waals surface area contributed by atoms with Crippen molar-refractivity contribution in [3.63, 3.8) is 0 Å². The first-order valence-corrected chi connectivity index (χ1v) is 8.19. The molecule has 1 aliphatic heterocycles. The van der Waals surface area contributed by atoms with E-state index in [0.717, 1.165) is 48.1 Å². The van der Waals surface area contributed by atoms with E-state index in [4.69, 9.17) is 4.98 Å². The number of nitrogens with zero attached hydrogens (tertiary/aromatic N) is 7. The van der Waals surface area contributed by atoms with E-state index < -0.39 is 0 Å². The average molecular weight is 323 g/mol. The molecule has 0 aromatic carbocycles. The molecule has 0 radical (unpaired) electrons. The minimum absolute atomic E-state index is 0.432. The van der Waals surface area contributed by atoms with Gasteiger partial charge in [-0.3, -0.25) is 4.68 Å². The van der Waals surface area contributed by atoms with Crippen LogP contribution in [0.25, 0.3) is 11.3 Å². The van der Waals surface area contributed by atoms with E-state index in [2.05, 4.69) is 31.5 Å². The summed E-state index contributed by atoms with van der Waals surface area (Å²) in [5.41, 5.74) is 4.16. The smallest absolute Gasteiger partial charge is 0.225 e. The molecule has 0 aliphatic carbocycles. The molecular formula is C17H21N7. The number of aromatic nitrogens is 6. The largest absolute Gasteiger partial charge is 0.339 e. The molecule has 0 N–H and O–H groups in total. The number of rotatable bonds is 3. The van der Waals surface area contributed by atoms with Crippen molar-refractivity contribution < 1.29 is 0 Å². The van der Waals surface area contributed by atoms with Gasteiger partial charge >= 0.3 is 0 Å². The van der Waals surface area contributed by atoms with Crippen LogP contribution in [0.3, 0.4) is 0 Å². The molecule has 0 amide bonds. The van der Waals surface area contributed by atoms with Crippen molar-refractivity contribution in [3.05, 3.63) is 42.4 Å². The summed E-state index contributed by atoms with van der Waals surface area (Å²) >= 11 is 0. The predicted molar refractivity (Wildman–Crippen MR) is 91.8 cm³/mol. The van der Waals surface area contributed by atoms with Gasteiger partial charge in [0, 0.05) is 50.0 Å². The first-order chi connectivity index (χ1) is 11.6. The van der Waals surface area contributed by atoms with Gasteiger partial charge < -0.3 is 9.47 Å². The predicted octanol–water partition coefficient (Wildman–Crippen LogP) is 2.14. The van der Waals surface area contributed by atoms with Crippen molar-refractivity contribution in [3.8, 4) is 11.3 Å². The summed E-state index contributed by atoms with van der Waals surface area (Å²) in [6.45, 7) is 5.96. The van der Waals surface area contributed by atoms with Crippen molar-refractivity contribution in [2.45, 2.75) is 26.3 Å². The Bertz CT molecular complexity index is 850. The molecule has 4 rings (SSSR count). The molecule has 1 aliphatic rings. The number of aryl methyl sites for hydroxylation is 2. The molecule has 7 nitrogen and oxygen atoms in total. The van der Waals surface area contributed by atoms with Crippen molar-refractivity contribution in [2.24, 2.45) is 7.05 Å². The fourth-order valence-corrected chi connectivity index (χ4v) is 3.44. The number of imidazole rings is 1. The lowest BCUT2D eigenvalue weighted by molar-refractivity contribution is 0.551. The summed E-state index contributed by atoms with van der Waals surface area (Å²) in [5.74, 6) is 0.790. The molecular weight excluding hydrogens is 302 g/mol. The van der Waals surface area contributed by atoms with Gasteiger partial charge in [0.05, 0.1) is 23.8 Å². The molecule has 0 saturated carbocycles. The lowest BCUT2D eigenvalue weighted by atomic mass is 10.1. The summed E-state index contributed by atoms with van der Waals surface area (Å²) in [6.07, 6.45) is 8.65. The zero-order valence-corrected chi connectivity index (χ0v) is 14.2. The Morgan fingerprint density at radius 2 is 2.08 bits per heavy atom. The number of hydrogen-bond donors (Lipinski definition) is 0. The van der Waals surface area contributed by atoms with Crippen LogP contribution in [0, 0.1) is 13.8 Å². The van der Waals surface area contributed by atoms with Gasteiger partial charge in [-0.15, -0.1) is 0 Å². The van der Waals surface area contributed by atoms with Gasteiger partial charge in [-0.05, 0) is 26.3 Å². The maximum absolute atomic E-state index is 4.81. The minimum Gasteiger partial charge on any atom is -0.339 e. The lowest BCUT2D eigenvalue weighted by Gasteiger charge is -2.17. The van der Waals surface area contributed by atoms with E-state index in [-0.39, 0.29) is 0 Å². The second kappa shape index (κ2) is 5.74. The van der Waals surface area contributed by atoms with Crippen molar-refractivity contribution in [1.29, 1.82) is 0 Å². The second-order valence-electron chi connectivity index (χ2n) is 6.31. The topological polar surface area (TPSA) is 64.7 Å².